The monoisotopic (exact) mass is 454 g/mol. The number of aromatic nitrogens is 2. The highest BCUT2D eigenvalue weighted by Crippen LogP contribution is 2.27. The molecule has 0 spiro atoms. The minimum atomic E-state index is -0.760. The molecule has 7 nitrogen and oxygen atoms in total. The second-order valence-electron chi connectivity index (χ2n) is 7.57. The van der Waals surface area contributed by atoms with E-state index < -0.39 is 17.3 Å². The van der Waals surface area contributed by atoms with Crippen molar-refractivity contribution in [1.29, 1.82) is 5.26 Å². The van der Waals surface area contributed by atoms with E-state index in [1.807, 2.05) is 32.0 Å². The maximum atomic E-state index is 13.3. The molecule has 0 fully saturated rings. The minimum absolute atomic E-state index is 0.0366. The Hall–Kier alpha value is -4.77. The van der Waals surface area contributed by atoms with E-state index in [-0.39, 0.29) is 17.0 Å². The lowest BCUT2D eigenvalue weighted by Gasteiger charge is -2.12. The number of fused-ring (bicyclic) bond motifs is 1. The standard InChI is InChI=1S/C26H19FN4O3/c1-16-6-11-22(17(2)13-16)34-25-21(26(33)31-12-4-3-5-23(31)30-25)14-18(15-28)24(32)29-20-9-7-19(27)8-10-20/h3-14H,1-2H3,(H,29,32)/b18-14-. The molecule has 1 amide bonds. The SMILES string of the molecule is Cc1ccc(Oc2nc3ccccn3c(=O)c2/C=C(/C#N)C(=O)Nc2ccc(F)cc2)c(C)c1. The number of halogens is 1. The van der Waals surface area contributed by atoms with Gasteiger partial charge in [-0.1, -0.05) is 23.8 Å². The molecule has 0 saturated carbocycles. The number of anilines is 1. The van der Waals surface area contributed by atoms with Crippen molar-refractivity contribution in [3.63, 3.8) is 0 Å². The first kappa shape index (κ1) is 22.4. The fourth-order valence-electron chi connectivity index (χ4n) is 3.33. The number of aryl methyl sites for hydroxylation is 2. The summed E-state index contributed by atoms with van der Waals surface area (Å²) >= 11 is 0. The Morgan fingerprint density at radius 3 is 2.62 bits per heavy atom. The van der Waals surface area contributed by atoms with Gasteiger partial charge in [0.05, 0.1) is 0 Å². The summed E-state index contributed by atoms with van der Waals surface area (Å²) in [6.45, 7) is 3.81. The van der Waals surface area contributed by atoms with E-state index in [9.17, 15) is 19.2 Å². The van der Waals surface area contributed by atoms with Crippen molar-refractivity contribution in [1.82, 2.24) is 9.38 Å². The number of hydrogen-bond donors (Lipinski definition) is 1. The Bertz CT molecular complexity index is 1530. The predicted molar refractivity (Wildman–Crippen MR) is 126 cm³/mol. The summed E-state index contributed by atoms with van der Waals surface area (Å²) in [4.78, 5) is 30.4. The number of ether oxygens (including phenoxy) is 1. The fraction of sp³-hybridized carbons (Fsp3) is 0.0769. The molecule has 0 aliphatic carbocycles. The van der Waals surface area contributed by atoms with Crippen LogP contribution in [0.2, 0.25) is 0 Å². The van der Waals surface area contributed by atoms with Gasteiger partial charge in [-0.3, -0.25) is 14.0 Å². The van der Waals surface area contributed by atoms with Crippen LogP contribution in [-0.4, -0.2) is 15.3 Å². The second kappa shape index (κ2) is 9.38. The van der Waals surface area contributed by atoms with E-state index in [0.29, 0.717) is 17.1 Å². The third-order valence-electron chi connectivity index (χ3n) is 5.03. The molecule has 2 aromatic heterocycles. The molecule has 0 bridgehead atoms. The quantitative estimate of drug-likeness (QED) is 0.346. The molecule has 2 aromatic carbocycles. The molecular formula is C26H19FN4O3. The van der Waals surface area contributed by atoms with Crippen LogP contribution < -0.4 is 15.6 Å². The van der Waals surface area contributed by atoms with E-state index in [1.54, 1.807) is 24.3 Å². The number of nitrogens with zero attached hydrogens (tertiary/aromatic N) is 3. The number of nitrogens with one attached hydrogen (secondary N) is 1. The zero-order valence-electron chi connectivity index (χ0n) is 18.4. The third-order valence-corrected chi connectivity index (χ3v) is 5.03. The Morgan fingerprint density at radius 1 is 1.15 bits per heavy atom. The van der Waals surface area contributed by atoms with Gasteiger partial charge in [0.1, 0.15) is 34.4 Å². The van der Waals surface area contributed by atoms with Gasteiger partial charge in [0.25, 0.3) is 11.5 Å². The molecule has 0 atom stereocenters. The summed E-state index contributed by atoms with van der Waals surface area (Å²) < 4.78 is 20.4. The number of carbonyl (C=O) groups excluding carboxylic acids is 1. The number of pyridine rings is 1. The van der Waals surface area contributed by atoms with Gasteiger partial charge < -0.3 is 10.1 Å². The van der Waals surface area contributed by atoms with Gasteiger partial charge in [0.15, 0.2) is 0 Å². The summed E-state index contributed by atoms with van der Waals surface area (Å²) in [6.07, 6.45) is 2.68. The van der Waals surface area contributed by atoms with E-state index in [0.717, 1.165) is 17.2 Å². The number of carbonyl (C=O) groups is 1. The Morgan fingerprint density at radius 2 is 1.91 bits per heavy atom. The molecule has 0 radical (unpaired) electrons. The molecule has 0 unspecified atom stereocenters. The summed E-state index contributed by atoms with van der Waals surface area (Å²) in [5, 5.41) is 12.1. The van der Waals surface area contributed by atoms with Crippen LogP contribution in [0, 0.1) is 31.0 Å². The van der Waals surface area contributed by atoms with Crippen molar-refractivity contribution in [3.05, 3.63) is 105 Å². The largest absolute Gasteiger partial charge is 0.438 e. The minimum Gasteiger partial charge on any atom is -0.438 e. The molecule has 0 aliphatic rings. The zero-order chi connectivity index (χ0) is 24.2. The molecule has 4 rings (SSSR count). The number of amides is 1. The number of rotatable bonds is 5. The van der Waals surface area contributed by atoms with E-state index >= 15 is 0 Å². The maximum absolute atomic E-state index is 13.3. The Labute approximate surface area is 194 Å². The lowest BCUT2D eigenvalue weighted by atomic mass is 10.1. The normalized spacial score (nSPS) is 11.2. The Balaban J connectivity index is 1.81. The third kappa shape index (κ3) is 4.69. The Kier molecular flexibility index (Phi) is 6.19. The van der Waals surface area contributed by atoms with E-state index in [2.05, 4.69) is 10.3 Å². The molecule has 1 N–H and O–H groups in total. The van der Waals surface area contributed by atoms with Crippen molar-refractivity contribution in [2.24, 2.45) is 0 Å². The second-order valence-corrected chi connectivity index (χ2v) is 7.57. The summed E-state index contributed by atoms with van der Waals surface area (Å²) in [5.74, 6) is -0.770. The van der Waals surface area contributed by atoms with Gasteiger partial charge >= 0.3 is 0 Å². The number of nitriles is 1. The number of hydrogen-bond acceptors (Lipinski definition) is 5. The molecular weight excluding hydrogens is 435 g/mol. The lowest BCUT2D eigenvalue weighted by molar-refractivity contribution is -0.112. The van der Waals surface area contributed by atoms with Gasteiger partial charge in [-0.25, -0.2) is 4.39 Å². The molecule has 8 heteroatoms. The fourth-order valence-corrected chi connectivity index (χ4v) is 3.33. The van der Waals surface area contributed by atoms with Crippen molar-refractivity contribution < 1.29 is 13.9 Å². The topological polar surface area (TPSA) is 96.5 Å². The first-order valence-corrected chi connectivity index (χ1v) is 10.3. The lowest BCUT2D eigenvalue weighted by Crippen LogP contribution is -2.20. The van der Waals surface area contributed by atoms with Gasteiger partial charge in [0.2, 0.25) is 5.88 Å². The van der Waals surface area contributed by atoms with Crippen LogP contribution >= 0.6 is 0 Å². The van der Waals surface area contributed by atoms with Crippen molar-refractivity contribution >= 4 is 23.3 Å². The van der Waals surface area contributed by atoms with Crippen LogP contribution in [0.25, 0.3) is 11.7 Å². The summed E-state index contributed by atoms with van der Waals surface area (Å²) in [7, 11) is 0. The van der Waals surface area contributed by atoms with Crippen molar-refractivity contribution in [3.8, 4) is 17.7 Å². The van der Waals surface area contributed by atoms with Crippen molar-refractivity contribution in [2.45, 2.75) is 13.8 Å². The van der Waals surface area contributed by atoms with Gasteiger partial charge in [-0.2, -0.15) is 10.2 Å². The van der Waals surface area contributed by atoms with Crippen LogP contribution in [0.1, 0.15) is 16.7 Å². The van der Waals surface area contributed by atoms with Gasteiger partial charge in [-0.15, -0.1) is 0 Å². The zero-order valence-corrected chi connectivity index (χ0v) is 18.4. The molecule has 2 heterocycles. The average molecular weight is 454 g/mol. The van der Waals surface area contributed by atoms with Crippen LogP contribution in [0.15, 0.2) is 77.2 Å². The van der Waals surface area contributed by atoms with Crippen LogP contribution in [0.4, 0.5) is 10.1 Å². The first-order valence-electron chi connectivity index (χ1n) is 10.3. The van der Waals surface area contributed by atoms with E-state index in [4.69, 9.17) is 4.74 Å². The molecule has 4 aromatic rings. The average Bonchev–Trinajstić information content (AvgIpc) is 2.82. The molecule has 0 aliphatic heterocycles. The molecule has 0 saturated heterocycles. The smallest absolute Gasteiger partial charge is 0.269 e. The number of benzene rings is 2. The van der Waals surface area contributed by atoms with Crippen LogP contribution in [0.3, 0.4) is 0 Å². The van der Waals surface area contributed by atoms with Gasteiger partial charge in [-0.05, 0) is 68.0 Å². The molecule has 34 heavy (non-hydrogen) atoms. The van der Waals surface area contributed by atoms with E-state index in [1.165, 1.54) is 34.9 Å². The summed E-state index contributed by atoms with van der Waals surface area (Å²) in [5.41, 5.74) is 1.61. The van der Waals surface area contributed by atoms with Crippen LogP contribution in [0.5, 0.6) is 11.6 Å². The summed E-state index contributed by atoms with van der Waals surface area (Å²) in [6, 6.07) is 17.5. The maximum Gasteiger partial charge on any atom is 0.269 e. The van der Waals surface area contributed by atoms with Crippen molar-refractivity contribution in [2.75, 3.05) is 5.32 Å². The predicted octanol–water partition coefficient (Wildman–Crippen LogP) is 4.79. The molecule has 168 valence electrons. The highest BCUT2D eigenvalue weighted by molar-refractivity contribution is 6.09. The van der Waals surface area contributed by atoms with Gasteiger partial charge in [0, 0.05) is 11.9 Å². The first-order chi connectivity index (χ1) is 16.4. The highest BCUT2D eigenvalue weighted by Gasteiger charge is 2.18. The highest BCUT2D eigenvalue weighted by atomic mass is 19.1. The van der Waals surface area contributed by atoms with Crippen LogP contribution in [-0.2, 0) is 4.79 Å².